The first-order valence-electron chi connectivity index (χ1n) is 3.86. The van der Waals surface area contributed by atoms with E-state index in [9.17, 15) is 10.1 Å². The van der Waals surface area contributed by atoms with Gasteiger partial charge < -0.3 is 5.11 Å². The fraction of sp³-hybridized carbons (Fsp3) is 0.111. The standard InChI is InChI=1S/C9H8ClNO3/c10-9-4-3-8(11(13)14)6-7(9)2-1-5-12/h1-4,6,12H,5H2. The number of nitro groups is 1. The maximum Gasteiger partial charge on any atom is 0.270 e. The maximum atomic E-state index is 10.4. The summed E-state index contributed by atoms with van der Waals surface area (Å²) in [6, 6.07) is 4.14. The molecule has 0 amide bonds. The van der Waals surface area contributed by atoms with Crippen LogP contribution in [0.5, 0.6) is 0 Å². The zero-order chi connectivity index (χ0) is 10.6. The second kappa shape index (κ2) is 4.74. The monoisotopic (exact) mass is 213 g/mol. The van der Waals surface area contributed by atoms with Crippen LogP contribution in [0.3, 0.4) is 0 Å². The Kier molecular flexibility index (Phi) is 3.62. The Morgan fingerprint density at radius 2 is 2.29 bits per heavy atom. The van der Waals surface area contributed by atoms with Crippen molar-refractivity contribution in [2.75, 3.05) is 6.61 Å². The highest BCUT2D eigenvalue weighted by Crippen LogP contribution is 2.22. The molecule has 14 heavy (non-hydrogen) atoms. The molecular weight excluding hydrogens is 206 g/mol. The third-order valence-electron chi connectivity index (χ3n) is 1.59. The van der Waals surface area contributed by atoms with E-state index in [-0.39, 0.29) is 12.3 Å². The lowest BCUT2D eigenvalue weighted by Gasteiger charge is -1.97. The van der Waals surface area contributed by atoms with Crippen molar-refractivity contribution in [1.82, 2.24) is 0 Å². The quantitative estimate of drug-likeness (QED) is 0.619. The van der Waals surface area contributed by atoms with Gasteiger partial charge in [0.15, 0.2) is 0 Å². The number of benzene rings is 1. The minimum absolute atomic E-state index is 0.0213. The van der Waals surface area contributed by atoms with Gasteiger partial charge in [-0.3, -0.25) is 10.1 Å². The van der Waals surface area contributed by atoms with E-state index < -0.39 is 4.92 Å². The first kappa shape index (κ1) is 10.7. The number of aliphatic hydroxyl groups excluding tert-OH is 1. The summed E-state index contributed by atoms with van der Waals surface area (Å²) in [5.41, 5.74) is 0.502. The summed E-state index contributed by atoms with van der Waals surface area (Å²) in [5, 5.41) is 19.4. The Bertz CT molecular complexity index is 376. The van der Waals surface area contributed by atoms with Crippen LogP contribution < -0.4 is 0 Å². The van der Waals surface area contributed by atoms with Crippen molar-refractivity contribution < 1.29 is 10.0 Å². The van der Waals surface area contributed by atoms with Crippen LogP contribution in [0.25, 0.3) is 6.08 Å². The molecule has 0 bridgehead atoms. The van der Waals surface area contributed by atoms with Gasteiger partial charge in [0.05, 0.1) is 11.5 Å². The number of rotatable bonds is 3. The molecule has 0 aliphatic rings. The Morgan fingerprint density at radius 1 is 1.57 bits per heavy atom. The van der Waals surface area contributed by atoms with Crippen LogP contribution >= 0.6 is 11.6 Å². The largest absolute Gasteiger partial charge is 0.392 e. The summed E-state index contributed by atoms with van der Waals surface area (Å²) < 4.78 is 0. The van der Waals surface area contributed by atoms with E-state index in [0.29, 0.717) is 10.6 Å². The maximum absolute atomic E-state index is 10.4. The van der Waals surface area contributed by atoms with E-state index in [1.807, 2.05) is 0 Å². The van der Waals surface area contributed by atoms with E-state index in [0.717, 1.165) is 0 Å². The molecule has 1 aromatic rings. The van der Waals surface area contributed by atoms with Gasteiger partial charge in [-0.1, -0.05) is 23.8 Å². The summed E-state index contributed by atoms with van der Waals surface area (Å²) in [5.74, 6) is 0. The summed E-state index contributed by atoms with van der Waals surface area (Å²) in [6.45, 7) is -0.126. The van der Waals surface area contributed by atoms with Crippen molar-refractivity contribution >= 4 is 23.4 Å². The zero-order valence-corrected chi connectivity index (χ0v) is 7.94. The van der Waals surface area contributed by atoms with Crippen LogP contribution in [-0.2, 0) is 0 Å². The van der Waals surface area contributed by atoms with Crippen LogP contribution in [0.4, 0.5) is 5.69 Å². The topological polar surface area (TPSA) is 63.4 Å². The fourth-order valence-corrected chi connectivity index (χ4v) is 1.13. The molecule has 4 nitrogen and oxygen atoms in total. The molecule has 0 aliphatic heterocycles. The summed E-state index contributed by atoms with van der Waals surface area (Å²) in [4.78, 5) is 9.93. The van der Waals surface area contributed by atoms with Gasteiger partial charge in [-0.15, -0.1) is 0 Å². The summed E-state index contributed by atoms with van der Waals surface area (Å²) in [6.07, 6.45) is 3.00. The molecule has 1 aromatic carbocycles. The SMILES string of the molecule is O=[N+]([O-])c1ccc(Cl)c(C=CCO)c1. The van der Waals surface area contributed by atoms with Crippen molar-refractivity contribution in [3.63, 3.8) is 0 Å². The third-order valence-corrected chi connectivity index (χ3v) is 1.94. The van der Waals surface area contributed by atoms with Crippen LogP contribution in [0.15, 0.2) is 24.3 Å². The van der Waals surface area contributed by atoms with Gasteiger partial charge in [-0.2, -0.15) is 0 Å². The van der Waals surface area contributed by atoms with E-state index in [4.69, 9.17) is 16.7 Å². The van der Waals surface area contributed by atoms with Gasteiger partial charge in [-0.25, -0.2) is 0 Å². The second-order valence-corrected chi connectivity index (χ2v) is 2.96. The van der Waals surface area contributed by atoms with Crippen LogP contribution in [-0.4, -0.2) is 16.6 Å². The Labute approximate surface area is 85.6 Å². The van der Waals surface area contributed by atoms with Gasteiger partial charge in [-0.05, 0) is 11.6 Å². The lowest BCUT2D eigenvalue weighted by Crippen LogP contribution is -1.88. The van der Waals surface area contributed by atoms with Gasteiger partial charge in [0.2, 0.25) is 0 Å². The summed E-state index contributed by atoms with van der Waals surface area (Å²) in [7, 11) is 0. The highest BCUT2D eigenvalue weighted by atomic mass is 35.5. The molecule has 1 rings (SSSR count). The predicted molar refractivity (Wildman–Crippen MR) is 54.2 cm³/mol. The number of non-ortho nitro benzene ring substituents is 1. The number of halogens is 1. The first-order chi connectivity index (χ1) is 6.65. The van der Waals surface area contributed by atoms with Crippen LogP contribution in [0.1, 0.15) is 5.56 Å². The fourth-order valence-electron chi connectivity index (χ4n) is 0.952. The lowest BCUT2D eigenvalue weighted by molar-refractivity contribution is -0.384. The highest BCUT2D eigenvalue weighted by Gasteiger charge is 2.07. The zero-order valence-electron chi connectivity index (χ0n) is 7.18. The number of nitro benzene ring substituents is 1. The lowest BCUT2D eigenvalue weighted by atomic mass is 10.2. The molecule has 0 fully saturated rings. The van der Waals surface area contributed by atoms with Gasteiger partial charge in [0, 0.05) is 17.2 Å². The minimum Gasteiger partial charge on any atom is -0.392 e. The van der Waals surface area contributed by atoms with Crippen LogP contribution in [0.2, 0.25) is 5.02 Å². The Hall–Kier alpha value is -1.39. The average molecular weight is 214 g/mol. The number of hydrogen-bond donors (Lipinski definition) is 1. The predicted octanol–water partition coefficient (Wildman–Crippen LogP) is 2.25. The molecule has 0 aromatic heterocycles. The molecule has 0 saturated carbocycles. The van der Waals surface area contributed by atoms with Crippen LogP contribution in [0, 0.1) is 10.1 Å². The molecule has 0 heterocycles. The van der Waals surface area contributed by atoms with Crippen molar-refractivity contribution in [3.8, 4) is 0 Å². The normalized spacial score (nSPS) is 10.7. The van der Waals surface area contributed by atoms with E-state index >= 15 is 0 Å². The van der Waals surface area contributed by atoms with Crippen molar-refractivity contribution in [2.45, 2.75) is 0 Å². The van der Waals surface area contributed by atoms with Crippen molar-refractivity contribution in [1.29, 1.82) is 0 Å². The third kappa shape index (κ3) is 2.55. The number of hydrogen-bond acceptors (Lipinski definition) is 3. The molecule has 1 N–H and O–H groups in total. The second-order valence-electron chi connectivity index (χ2n) is 2.55. The first-order valence-corrected chi connectivity index (χ1v) is 4.24. The van der Waals surface area contributed by atoms with Crippen molar-refractivity contribution in [2.24, 2.45) is 0 Å². The van der Waals surface area contributed by atoms with E-state index in [2.05, 4.69) is 0 Å². The average Bonchev–Trinajstić information content (AvgIpc) is 2.16. The minimum atomic E-state index is -0.493. The van der Waals surface area contributed by atoms with Gasteiger partial charge >= 0.3 is 0 Å². The Balaban J connectivity index is 3.08. The Morgan fingerprint density at radius 3 is 2.86 bits per heavy atom. The molecule has 0 spiro atoms. The van der Waals surface area contributed by atoms with Gasteiger partial charge in [0.1, 0.15) is 0 Å². The van der Waals surface area contributed by atoms with E-state index in [1.54, 1.807) is 0 Å². The molecule has 74 valence electrons. The van der Waals surface area contributed by atoms with Gasteiger partial charge in [0.25, 0.3) is 5.69 Å². The number of nitrogens with zero attached hydrogens (tertiary/aromatic N) is 1. The highest BCUT2D eigenvalue weighted by molar-refractivity contribution is 6.32. The molecule has 0 aliphatic carbocycles. The van der Waals surface area contributed by atoms with Crippen molar-refractivity contribution in [3.05, 3.63) is 45.0 Å². The molecule has 5 heteroatoms. The molecule has 0 radical (unpaired) electrons. The number of aliphatic hydroxyl groups is 1. The van der Waals surface area contributed by atoms with E-state index in [1.165, 1.54) is 30.4 Å². The smallest absolute Gasteiger partial charge is 0.270 e. The molecule has 0 unspecified atom stereocenters. The molecular formula is C9H8ClNO3. The molecule has 0 saturated heterocycles. The molecule has 0 atom stereocenters. The summed E-state index contributed by atoms with van der Waals surface area (Å²) >= 11 is 5.78.